The van der Waals surface area contributed by atoms with E-state index in [-0.39, 0.29) is 17.0 Å². The Labute approximate surface area is 69.8 Å². The van der Waals surface area contributed by atoms with Crippen LogP contribution in [0, 0.1) is 5.82 Å². The van der Waals surface area contributed by atoms with Gasteiger partial charge in [0, 0.05) is 11.6 Å². The molecule has 1 aromatic rings. The number of rotatable bonds is 1. The van der Waals surface area contributed by atoms with Gasteiger partial charge in [-0.05, 0) is 19.1 Å². The van der Waals surface area contributed by atoms with Crippen molar-refractivity contribution in [2.75, 3.05) is 5.73 Å². The molecule has 0 amide bonds. The molecule has 0 bridgehead atoms. The first-order valence-electron chi connectivity index (χ1n) is 3.56. The summed E-state index contributed by atoms with van der Waals surface area (Å²) < 4.78 is 13.0. The van der Waals surface area contributed by atoms with E-state index >= 15 is 0 Å². The van der Waals surface area contributed by atoms with E-state index in [0.717, 1.165) is 0 Å². The molecule has 0 aliphatic heterocycles. The lowest BCUT2D eigenvalue weighted by Gasteiger charge is -2.10. The first-order valence-corrected chi connectivity index (χ1v) is 3.56. The summed E-state index contributed by atoms with van der Waals surface area (Å²) in [5.41, 5.74) is 11.0. The van der Waals surface area contributed by atoms with Gasteiger partial charge in [-0.25, -0.2) is 4.39 Å². The summed E-state index contributed by atoms with van der Waals surface area (Å²) in [5.74, 6) is -0.790. The highest BCUT2D eigenvalue weighted by atomic mass is 19.1. The van der Waals surface area contributed by atoms with Crippen molar-refractivity contribution in [3.05, 3.63) is 23.5 Å². The third kappa shape index (κ3) is 1.33. The summed E-state index contributed by atoms with van der Waals surface area (Å²) in [6.45, 7) is 1.58. The van der Waals surface area contributed by atoms with Crippen LogP contribution in [-0.4, -0.2) is 5.11 Å². The van der Waals surface area contributed by atoms with Crippen molar-refractivity contribution in [3.63, 3.8) is 0 Å². The van der Waals surface area contributed by atoms with Crippen LogP contribution in [0.1, 0.15) is 18.5 Å². The molecular formula is C8H11FN2O. The van der Waals surface area contributed by atoms with Crippen LogP contribution in [0.3, 0.4) is 0 Å². The number of anilines is 1. The van der Waals surface area contributed by atoms with Crippen LogP contribution in [0.5, 0.6) is 5.75 Å². The molecule has 0 aromatic heterocycles. The Morgan fingerprint density at radius 3 is 2.50 bits per heavy atom. The summed E-state index contributed by atoms with van der Waals surface area (Å²) >= 11 is 0. The Morgan fingerprint density at radius 1 is 1.50 bits per heavy atom. The second-order valence-corrected chi connectivity index (χ2v) is 2.69. The predicted molar refractivity (Wildman–Crippen MR) is 45.1 cm³/mol. The molecule has 0 spiro atoms. The van der Waals surface area contributed by atoms with E-state index in [0.29, 0.717) is 0 Å². The fraction of sp³-hybridized carbons (Fsp3) is 0.250. The van der Waals surface area contributed by atoms with E-state index in [1.165, 1.54) is 12.1 Å². The zero-order valence-corrected chi connectivity index (χ0v) is 6.71. The van der Waals surface area contributed by atoms with Gasteiger partial charge in [-0.3, -0.25) is 0 Å². The fourth-order valence-corrected chi connectivity index (χ4v) is 1.03. The molecule has 1 aromatic carbocycles. The number of nitrogen functional groups attached to an aromatic ring is 1. The topological polar surface area (TPSA) is 72.3 Å². The molecule has 0 aliphatic carbocycles. The van der Waals surface area contributed by atoms with Gasteiger partial charge in [0.05, 0.1) is 5.69 Å². The largest absolute Gasteiger partial charge is 0.505 e. The number of hydrogen-bond donors (Lipinski definition) is 3. The third-order valence-corrected chi connectivity index (χ3v) is 1.65. The molecule has 3 nitrogen and oxygen atoms in total. The SMILES string of the molecule is C[C@@H](N)c1c(F)ccc(N)c1O. The average Bonchev–Trinajstić information content (AvgIpc) is 1.97. The van der Waals surface area contributed by atoms with Crippen molar-refractivity contribution in [2.24, 2.45) is 5.73 Å². The molecule has 0 fully saturated rings. The molecule has 1 atom stereocenters. The van der Waals surface area contributed by atoms with Crippen molar-refractivity contribution in [3.8, 4) is 5.75 Å². The molecule has 0 saturated carbocycles. The number of benzene rings is 1. The van der Waals surface area contributed by atoms with Gasteiger partial charge in [-0.15, -0.1) is 0 Å². The minimum atomic E-state index is -0.562. The van der Waals surface area contributed by atoms with Crippen LogP contribution >= 0.6 is 0 Å². The van der Waals surface area contributed by atoms with Gasteiger partial charge in [-0.2, -0.15) is 0 Å². The van der Waals surface area contributed by atoms with Gasteiger partial charge in [-0.1, -0.05) is 0 Å². The lowest BCUT2D eigenvalue weighted by atomic mass is 10.1. The lowest BCUT2D eigenvalue weighted by Crippen LogP contribution is -2.08. The molecule has 0 radical (unpaired) electrons. The molecule has 0 unspecified atom stereocenters. The van der Waals surface area contributed by atoms with Crippen LogP contribution in [0.4, 0.5) is 10.1 Å². The maximum Gasteiger partial charge on any atom is 0.146 e. The first kappa shape index (κ1) is 8.80. The van der Waals surface area contributed by atoms with E-state index in [4.69, 9.17) is 11.5 Å². The van der Waals surface area contributed by atoms with E-state index in [1.807, 2.05) is 0 Å². The molecule has 66 valence electrons. The van der Waals surface area contributed by atoms with Crippen molar-refractivity contribution < 1.29 is 9.50 Å². The van der Waals surface area contributed by atoms with Gasteiger partial charge in [0.1, 0.15) is 11.6 Å². The van der Waals surface area contributed by atoms with E-state index in [2.05, 4.69) is 0 Å². The van der Waals surface area contributed by atoms with Crippen LogP contribution < -0.4 is 11.5 Å². The molecule has 0 aliphatic rings. The standard InChI is InChI=1S/C8H11FN2O/c1-4(10)7-5(9)2-3-6(11)8(7)12/h2-4,12H,10-11H2,1H3/t4-/m1/s1. The maximum atomic E-state index is 13.0. The molecule has 0 saturated heterocycles. The zero-order chi connectivity index (χ0) is 9.30. The number of phenolic OH excluding ortho intramolecular Hbond substituents is 1. The predicted octanol–water partition coefficient (Wildman–Crippen LogP) is 1.13. The highest BCUT2D eigenvalue weighted by Gasteiger charge is 2.14. The zero-order valence-electron chi connectivity index (χ0n) is 6.71. The van der Waals surface area contributed by atoms with E-state index < -0.39 is 11.9 Å². The third-order valence-electron chi connectivity index (χ3n) is 1.65. The number of aromatic hydroxyl groups is 1. The lowest BCUT2D eigenvalue weighted by molar-refractivity contribution is 0.455. The van der Waals surface area contributed by atoms with Gasteiger partial charge < -0.3 is 16.6 Å². The van der Waals surface area contributed by atoms with Crippen molar-refractivity contribution in [1.29, 1.82) is 0 Å². The monoisotopic (exact) mass is 170 g/mol. The fourth-order valence-electron chi connectivity index (χ4n) is 1.03. The summed E-state index contributed by atoms with van der Waals surface area (Å²) in [4.78, 5) is 0. The quantitative estimate of drug-likeness (QED) is 0.437. The van der Waals surface area contributed by atoms with Crippen LogP contribution in [0.2, 0.25) is 0 Å². The molecule has 12 heavy (non-hydrogen) atoms. The van der Waals surface area contributed by atoms with Gasteiger partial charge in [0.2, 0.25) is 0 Å². The summed E-state index contributed by atoms with van der Waals surface area (Å²) in [7, 11) is 0. The van der Waals surface area contributed by atoms with Crippen LogP contribution in [0.15, 0.2) is 12.1 Å². The van der Waals surface area contributed by atoms with Gasteiger partial charge in [0.15, 0.2) is 0 Å². The smallest absolute Gasteiger partial charge is 0.146 e. The number of phenols is 1. The highest BCUT2D eigenvalue weighted by Crippen LogP contribution is 2.30. The van der Waals surface area contributed by atoms with Crippen LogP contribution in [0.25, 0.3) is 0 Å². The van der Waals surface area contributed by atoms with E-state index in [9.17, 15) is 9.50 Å². The highest BCUT2D eigenvalue weighted by molar-refractivity contribution is 5.56. The van der Waals surface area contributed by atoms with Crippen LogP contribution in [-0.2, 0) is 0 Å². The second kappa shape index (κ2) is 2.98. The minimum Gasteiger partial charge on any atom is -0.505 e. The first-order chi connectivity index (χ1) is 5.54. The van der Waals surface area contributed by atoms with Gasteiger partial charge >= 0.3 is 0 Å². The molecule has 5 N–H and O–H groups in total. The summed E-state index contributed by atoms with van der Waals surface area (Å²) in [5, 5.41) is 9.30. The number of halogens is 1. The Hall–Kier alpha value is -1.29. The minimum absolute atomic E-state index is 0.0648. The Morgan fingerprint density at radius 2 is 2.08 bits per heavy atom. The molecular weight excluding hydrogens is 159 g/mol. The van der Waals surface area contributed by atoms with Crippen molar-refractivity contribution in [2.45, 2.75) is 13.0 Å². The summed E-state index contributed by atoms with van der Waals surface area (Å²) in [6, 6.07) is 1.93. The Bertz CT molecular complexity index is 299. The summed E-state index contributed by atoms with van der Waals surface area (Å²) in [6.07, 6.45) is 0. The van der Waals surface area contributed by atoms with Crippen molar-refractivity contribution >= 4 is 5.69 Å². The Balaban J connectivity index is 3.33. The number of nitrogens with two attached hydrogens (primary N) is 2. The molecule has 1 rings (SSSR count). The second-order valence-electron chi connectivity index (χ2n) is 2.69. The Kier molecular flexibility index (Phi) is 2.19. The molecule has 4 heteroatoms. The van der Waals surface area contributed by atoms with E-state index in [1.54, 1.807) is 6.92 Å². The number of hydrogen-bond acceptors (Lipinski definition) is 3. The normalized spacial score (nSPS) is 12.9. The average molecular weight is 170 g/mol. The van der Waals surface area contributed by atoms with Gasteiger partial charge in [0.25, 0.3) is 0 Å². The van der Waals surface area contributed by atoms with Crippen molar-refractivity contribution in [1.82, 2.24) is 0 Å². The maximum absolute atomic E-state index is 13.0. The molecule has 0 heterocycles.